The average Bonchev–Trinajstić information content (AvgIpc) is 2.48. The summed E-state index contributed by atoms with van der Waals surface area (Å²) in [5.74, 6) is 0. The Balaban J connectivity index is 2.28. The summed E-state index contributed by atoms with van der Waals surface area (Å²) < 4.78 is 0. The van der Waals surface area contributed by atoms with Crippen LogP contribution in [0.1, 0.15) is 23.6 Å². The summed E-state index contributed by atoms with van der Waals surface area (Å²) in [5, 5.41) is 8.85. The van der Waals surface area contributed by atoms with E-state index in [1.165, 1.54) is 11.1 Å². The molecular weight excluding hydrogens is 232 g/mol. The van der Waals surface area contributed by atoms with E-state index < -0.39 is 0 Å². The largest absolute Gasteiger partial charge is 0.330 e. The van der Waals surface area contributed by atoms with E-state index >= 15 is 0 Å². The van der Waals surface area contributed by atoms with Gasteiger partial charge in [-0.3, -0.25) is 0 Å². The predicted molar refractivity (Wildman–Crippen MR) is 77.7 cm³/mol. The molecule has 0 aliphatic rings. The molecule has 2 nitrogen and oxygen atoms in total. The van der Waals surface area contributed by atoms with Crippen molar-refractivity contribution in [3.05, 3.63) is 71.3 Å². The lowest BCUT2D eigenvalue weighted by atomic mass is 9.77. The second-order valence-corrected chi connectivity index (χ2v) is 5.12. The molecule has 96 valence electrons. The first-order valence-corrected chi connectivity index (χ1v) is 6.42. The van der Waals surface area contributed by atoms with Crippen molar-refractivity contribution in [3.8, 4) is 6.07 Å². The molecular formula is C17H18N2. The van der Waals surface area contributed by atoms with Gasteiger partial charge < -0.3 is 5.73 Å². The van der Waals surface area contributed by atoms with Gasteiger partial charge in [0.25, 0.3) is 0 Å². The Labute approximate surface area is 114 Å². The van der Waals surface area contributed by atoms with Crippen LogP contribution >= 0.6 is 0 Å². The van der Waals surface area contributed by atoms with Crippen molar-refractivity contribution in [3.63, 3.8) is 0 Å². The zero-order chi connectivity index (χ0) is 13.7. The molecule has 19 heavy (non-hydrogen) atoms. The van der Waals surface area contributed by atoms with E-state index in [0.717, 1.165) is 6.42 Å². The molecule has 2 aromatic carbocycles. The average molecular weight is 250 g/mol. The van der Waals surface area contributed by atoms with Gasteiger partial charge in [0, 0.05) is 12.0 Å². The van der Waals surface area contributed by atoms with E-state index in [2.05, 4.69) is 25.1 Å². The molecule has 2 rings (SSSR count). The highest BCUT2D eigenvalue weighted by Crippen LogP contribution is 2.27. The number of rotatable bonds is 4. The van der Waals surface area contributed by atoms with Crippen molar-refractivity contribution in [2.24, 2.45) is 5.73 Å². The Kier molecular flexibility index (Phi) is 3.99. The molecule has 0 heterocycles. The molecule has 2 N–H and O–H groups in total. The Bertz CT molecular complexity index is 566. The zero-order valence-electron chi connectivity index (χ0n) is 11.1. The lowest BCUT2D eigenvalue weighted by molar-refractivity contribution is 0.481. The minimum absolute atomic E-state index is 0.102. The van der Waals surface area contributed by atoms with Crippen molar-refractivity contribution in [2.45, 2.75) is 18.8 Å². The van der Waals surface area contributed by atoms with E-state index in [1.807, 2.05) is 42.5 Å². The van der Waals surface area contributed by atoms with Gasteiger partial charge in [-0.15, -0.1) is 0 Å². The summed E-state index contributed by atoms with van der Waals surface area (Å²) in [6, 6.07) is 20.2. The first kappa shape index (κ1) is 13.3. The molecule has 2 heteroatoms. The molecule has 0 fully saturated rings. The molecule has 0 saturated carbocycles. The molecule has 0 aromatic heterocycles. The number of hydrogen-bond acceptors (Lipinski definition) is 2. The van der Waals surface area contributed by atoms with Crippen molar-refractivity contribution in [1.29, 1.82) is 5.26 Å². The Hall–Kier alpha value is -2.11. The lowest BCUT2D eigenvalue weighted by Crippen LogP contribution is -2.34. The first-order valence-electron chi connectivity index (χ1n) is 6.42. The van der Waals surface area contributed by atoms with Gasteiger partial charge in [0.1, 0.15) is 0 Å². The van der Waals surface area contributed by atoms with E-state index in [1.54, 1.807) is 0 Å². The van der Waals surface area contributed by atoms with Crippen LogP contribution in [-0.4, -0.2) is 6.54 Å². The fourth-order valence-corrected chi connectivity index (χ4v) is 2.29. The molecule has 2 aromatic rings. The van der Waals surface area contributed by atoms with E-state index in [-0.39, 0.29) is 5.41 Å². The third-order valence-electron chi connectivity index (χ3n) is 3.60. The maximum Gasteiger partial charge on any atom is 0.0991 e. The molecule has 0 amide bonds. The second kappa shape index (κ2) is 5.69. The summed E-state index contributed by atoms with van der Waals surface area (Å²) in [6.45, 7) is 2.75. The van der Waals surface area contributed by atoms with Crippen LogP contribution in [0.4, 0.5) is 0 Å². The van der Waals surface area contributed by atoms with Gasteiger partial charge in [-0.2, -0.15) is 5.26 Å². The van der Waals surface area contributed by atoms with Gasteiger partial charge in [-0.05, 0) is 29.7 Å². The number of benzene rings is 2. The van der Waals surface area contributed by atoms with Gasteiger partial charge in [0.05, 0.1) is 11.6 Å². The van der Waals surface area contributed by atoms with E-state index in [4.69, 9.17) is 11.0 Å². The molecule has 0 saturated heterocycles. The molecule has 1 atom stereocenters. The molecule has 0 aliphatic carbocycles. The fourth-order valence-electron chi connectivity index (χ4n) is 2.29. The Morgan fingerprint density at radius 2 is 1.68 bits per heavy atom. The molecule has 0 aliphatic heterocycles. The number of nitrogens with two attached hydrogens (primary N) is 1. The minimum atomic E-state index is -0.102. The van der Waals surface area contributed by atoms with E-state index in [9.17, 15) is 0 Å². The SMILES string of the molecule is CC(CN)(Cc1ccccc1)c1ccc(C#N)cc1. The summed E-state index contributed by atoms with van der Waals surface area (Å²) in [5.41, 5.74) is 9.03. The van der Waals surface area contributed by atoms with Crippen LogP contribution in [0.2, 0.25) is 0 Å². The third kappa shape index (κ3) is 3.01. The van der Waals surface area contributed by atoms with Crippen LogP contribution in [0, 0.1) is 11.3 Å². The highest BCUT2D eigenvalue weighted by Gasteiger charge is 2.25. The fraction of sp³-hybridized carbons (Fsp3) is 0.235. The summed E-state index contributed by atoms with van der Waals surface area (Å²) in [7, 11) is 0. The Morgan fingerprint density at radius 1 is 1.05 bits per heavy atom. The number of nitriles is 1. The maximum atomic E-state index is 8.85. The monoisotopic (exact) mass is 250 g/mol. The third-order valence-corrected chi connectivity index (χ3v) is 3.60. The summed E-state index contributed by atoms with van der Waals surface area (Å²) in [4.78, 5) is 0. The zero-order valence-corrected chi connectivity index (χ0v) is 11.1. The molecule has 1 unspecified atom stereocenters. The van der Waals surface area contributed by atoms with Crippen molar-refractivity contribution >= 4 is 0 Å². The minimum Gasteiger partial charge on any atom is -0.330 e. The van der Waals surface area contributed by atoms with Crippen molar-refractivity contribution in [1.82, 2.24) is 0 Å². The Morgan fingerprint density at radius 3 is 2.21 bits per heavy atom. The highest BCUT2D eigenvalue weighted by atomic mass is 14.6. The first-order chi connectivity index (χ1) is 9.18. The highest BCUT2D eigenvalue weighted by molar-refractivity contribution is 5.36. The van der Waals surface area contributed by atoms with Crippen molar-refractivity contribution in [2.75, 3.05) is 6.54 Å². The van der Waals surface area contributed by atoms with Crippen LogP contribution in [0.15, 0.2) is 54.6 Å². The predicted octanol–water partition coefficient (Wildman–Crippen LogP) is 3.02. The summed E-state index contributed by atoms with van der Waals surface area (Å²) in [6.07, 6.45) is 0.899. The maximum absolute atomic E-state index is 8.85. The molecule has 0 radical (unpaired) electrons. The van der Waals surface area contributed by atoms with Crippen LogP contribution < -0.4 is 5.73 Å². The van der Waals surface area contributed by atoms with Gasteiger partial charge in [0.15, 0.2) is 0 Å². The topological polar surface area (TPSA) is 49.8 Å². The smallest absolute Gasteiger partial charge is 0.0991 e. The van der Waals surface area contributed by atoms with Gasteiger partial charge >= 0.3 is 0 Å². The van der Waals surface area contributed by atoms with Gasteiger partial charge in [0.2, 0.25) is 0 Å². The van der Waals surface area contributed by atoms with Crippen LogP contribution in [0.25, 0.3) is 0 Å². The molecule has 0 bridgehead atoms. The second-order valence-electron chi connectivity index (χ2n) is 5.12. The van der Waals surface area contributed by atoms with Crippen LogP contribution in [-0.2, 0) is 11.8 Å². The van der Waals surface area contributed by atoms with E-state index in [0.29, 0.717) is 12.1 Å². The van der Waals surface area contributed by atoms with Crippen LogP contribution in [0.5, 0.6) is 0 Å². The van der Waals surface area contributed by atoms with Crippen LogP contribution in [0.3, 0.4) is 0 Å². The number of nitrogens with zero attached hydrogens (tertiary/aromatic N) is 1. The van der Waals surface area contributed by atoms with Gasteiger partial charge in [-0.25, -0.2) is 0 Å². The van der Waals surface area contributed by atoms with Crippen molar-refractivity contribution < 1.29 is 0 Å². The normalized spacial score (nSPS) is 13.5. The number of hydrogen-bond donors (Lipinski definition) is 1. The summed E-state index contributed by atoms with van der Waals surface area (Å²) >= 11 is 0. The lowest BCUT2D eigenvalue weighted by Gasteiger charge is -2.29. The molecule has 0 spiro atoms. The quantitative estimate of drug-likeness (QED) is 0.906. The van der Waals surface area contributed by atoms with Gasteiger partial charge in [-0.1, -0.05) is 49.4 Å². The standard InChI is InChI=1S/C17H18N2/c1-17(13-19,11-14-5-3-2-4-6-14)16-9-7-15(12-18)8-10-16/h2-10H,11,13,19H2,1H3.